The van der Waals surface area contributed by atoms with Gasteiger partial charge in [-0.2, -0.15) is 0 Å². The first-order valence-electron chi connectivity index (χ1n) is 8.17. The molecule has 1 saturated carbocycles. The zero-order chi connectivity index (χ0) is 15.7. The van der Waals surface area contributed by atoms with Gasteiger partial charge in [0.15, 0.2) is 0 Å². The van der Waals surface area contributed by atoms with E-state index in [-0.39, 0.29) is 6.10 Å². The van der Waals surface area contributed by atoms with E-state index in [9.17, 15) is 0 Å². The van der Waals surface area contributed by atoms with Gasteiger partial charge in [0.05, 0.1) is 6.10 Å². The SMILES string of the molecule is Cc1cc(OC(C)C)cc(C[C@@H]2C[C@@]2(C)c2ccccc2)n1. The second-order valence-electron chi connectivity index (χ2n) is 6.99. The number of benzene rings is 1. The van der Waals surface area contributed by atoms with Crippen LogP contribution in [0.15, 0.2) is 42.5 Å². The van der Waals surface area contributed by atoms with E-state index >= 15 is 0 Å². The van der Waals surface area contributed by atoms with E-state index in [1.807, 2.05) is 13.0 Å². The lowest BCUT2D eigenvalue weighted by Crippen LogP contribution is -2.09. The Morgan fingerprint density at radius 1 is 1.23 bits per heavy atom. The zero-order valence-corrected chi connectivity index (χ0v) is 14.0. The number of hydrogen-bond donors (Lipinski definition) is 0. The number of ether oxygens (including phenoxy) is 1. The van der Waals surface area contributed by atoms with Crippen molar-refractivity contribution in [2.45, 2.75) is 52.1 Å². The number of aromatic nitrogens is 1. The van der Waals surface area contributed by atoms with Gasteiger partial charge in [0.25, 0.3) is 0 Å². The van der Waals surface area contributed by atoms with Gasteiger partial charge in [-0.3, -0.25) is 4.98 Å². The molecular weight excluding hydrogens is 270 g/mol. The van der Waals surface area contributed by atoms with Gasteiger partial charge in [-0.25, -0.2) is 0 Å². The maximum absolute atomic E-state index is 5.83. The largest absolute Gasteiger partial charge is 0.491 e. The van der Waals surface area contributed by atoms with Crippen molar-refractivity contribution in [2.75, 3.05) is 0 Å². The normalized spacial score (nSPS) is 23.6. The third kappa shape index (κ3) is 3.16. The summed E-state index contributed by atoms with van der Waals surface area (Å²) in [5.74, 6) is 1.62. The van der Waals surface area contributed by atoms with E-state index in [1.165, 1.54) is 12.0 Å². The molecule has 2 nitrogen and oxygen atoms in total. The van der Waals surface area contributed by atoms with E-state index in [4.69, 9.17) is 9.72 Å². The van der Waals surface area contributed by atoms with Crippen molar-refractivity contribution in [3.63, 3.8) is 0 Å². The number of pyridine rings is 1. The van der Waals surface area contributed by atoms with Gasteiger partial charge < -0.3 is 4.74 Å². The second kappa shape index (κ2) is 5.75. The fraction of sp³-hybridized carbons (Fsp3) is 0.450. The fourth-order valence-corrected chi connectivity index (χ4v) is 3.32. The number of nitrogens with zero attached hydrogens (tertiary/aromatic N) is 1. The molecule has 1 aromatic carbocycles. The average Bonchev–Trinajstić information content (AvgIpc) is 3.10. The van der Waals surface area contributed by atoms with Crippen LogP contribution in [0.3, 0.4) is 0 Å². The van der Waals surface area contributed by atoms with Crippen molar-refractivity contribution in [1.82, 2.24) is 4.98 Å². The first-order chi connectivity index (χ1) is 10.5. The van der Waals surface area contributed by atoms with Crippen LogP contribution in [0.25, 0.3) is 0 Å². The Morgan fingerprint density at radius 2 is 1.95 bits per heavy atom. The quantitative estimate of drug-likeness (QED) is 0.798. The summed E-state index contributed by atoms with van der Waals surface area (Å²) in [5.41, 5.74) is 3.95. The molecule has 0 radical (unpaired) electrons. The van der Waals surface area contributed by atoms with Crippen LogP contribution in [-0.4, -0.2) is 11.1 Å². The van der Waals surface area contributed by atoms with Gasteiger partial charge in [0.1, 0.15) is 5.75 Å². The summed E-state index contributed by atoms with van der Waals surface area (Å²) in [5, 5.41) is 0. The molecule has 116 valence electrons. The highest BCUT2D eigenvalue weighted by molar-refractivity contribution is 5.34. The molecular formula is C20H25NO. The summed E-state index contributed by atoms with van der Waals surface area (Å²) < 4.78 is 5.83. The fourth-order valence-electron chi connectivity index (χ4n) is 3.32. The minimum absolute atomic E-state index is 0.199. The summed E-state index contributed by atoms with van der Waals surface area (Å²) in [4.78, 5) is 4.70. The van der Waals surface area contributed by atoms with Crippen molar-refractivity contribution >= 4 is 0 Å². The molecule has 0 bridgehead atoms. The van der Waals surface area contributed by atoms with Crippen LogP contribution in [0.1, 0.15) is 44.1 Å². The molecule has 0 saturated heterocycles. The summed E-state index contributed by atoms with van der Waals surface area (Å²) >= 11 is 0. The molecule has 0 unspecified atom stereocenters. The predicted molar refractivity (Wildman–Crippen MR) is 90.3 cm³/mol. The van der Waals surface area contributed by atoms with Crippen LogP contribution in [0, 0.1) is 12.8 Å². The summed E-state index contributed by atoms with van der Waals surface area (Å²) in [6.07, 6.45) is 2.47. The van der Waals surface area contributed by atoms with Crippen LogP contribution < -0.4 is 4.74 Å². The van der Waals surface area contributed by atoms with Gasteiger partial charge >= 0.3 is 0 Å². The number of rotatable bonds is 5. The third-order valence-electron chi connectivity index (χ3n) is 4.65. The van der Waals surface area contributed by atoms with Crippen molar-refractivity contribution < 1.29 is 4.74 Å². The third-order valence-corrected chi connectivity index (χ3v) is 4.65. The summed E-state index contributed by atoms with van der Waals surface area (Å²) in [7, 11) is 0. The molecule has 1 aliphatic rings. The van der Waals surface area contributed by atoms with Crippen LogP contribution in [0.5, 0.6) is 5.75 Å². The molecule has 22 heavy (non-hydrogen) atoms. The van der Waals surface area contributed by atoms with E-state index in [2.05, 4.69) is 57.2 Å². The lowest BCUT2D eigenvalue weighted by Gasteiger charge is -2.14. The summed E-state index contributed by atoms with van der Waals surface area (Å²) in [6.45, 7) is 8.53. The zero-order valence-electron chi connectivity index (χ0n) is 14.0. The Balaban J connectivity index is 1.74. The first-order valence-corrected chi connectivity index (χ1v) is 8.17. The molecule has 0 amide bonds. The van der Waals surface area contributed by atoms with Gasteiger partial charge in [0.2, 0.25) is 0 Å². The molecule has 0 spiro atoms. The van der Waals surface area contributed by atoms with E-state index in [0.29, 0.717) is 11.3 Å². The minimum Gasteiger partial charge on any atom is -0.491 e. The van der Waals surface area contributed by atoms with E-state index in [1.54, 1.807) is 0 Å². The Hall–Kier alpha value is -1.83. The lowest BCUT2D eigenvalue weighted by molar-refractivity contribution is 0.241. The maximum atomic E-state index is 5.83. The highest BCUT2D eigenvalue weighted by Gasteiger charge is 2.50. The lowest BCUT2D eigenvalue weighted by atomic mass is 9.94. The van der Waals surface area contributed by atoms with Crippen molar-refractivity contribution in [1.29, 1.82) is 0 Å². The average molecular weight is 295 g/mol. The van der Waals surface area contributed by atoms with Crippen molar-refractivity contribution in [2.24, 2.45) is 5.92 Å². The van der Waals surface area contributed by atoms with Crippen LogP contribution in [0.4, 0.5) is 0 Å². The highest BCUT2D eigenvalue weighted by Crippen LogP contribution is 2.55. The molecule has 2 atom stereocenters. The van der Waals surface area contributed by atoms with Crippen molar-refractivity contribution in [3.8, 4) is 5.75 Å². The molecule has 1 heterocycles. The number of aryl methyl sites for hydroxylation is 1. The molecule has 2 heteroatoms. The minimum atomic E-state index is 0.199. The molecule has 0 N–H and O–H groups in total. The molecule has 2 aromatic rings. The second-order valence-corrected chi connectivity index (χ2v) is 6.99. The van der Waals surface area contributed by atoms with Gasteiger partial charge in [-0.05, 0) is 50.5 Å². The van der Waals surface area contributed by atoms with Gasteiger partial charge in [-0.15, -0.1) is 0 Å². The first kappa shape index (κ1) is 15.1. The van der Waals surface area contributed by atoms with E-state index in [0.717, 1.165) is 23.6 Å². The maximum Gasteiger partial charge on any atom is 0.123 e. The topological polar surface area (TPSA) is 22.1 Å². The molecule has 1 fully saturated rings. The van der Waals surface area contributed by atoms with Crippen LogP contribution in [0.2, 0.25) is 0 Å². The predicted octanol–water partition coefficient (Wildman–Crippen LogP) is 4.70. The van der Waals surface area contributed by atoms with Crippen LogP contribution >= 0.6 is 0 Å². The molecule has 1 aliphatic carbocycles. The Bertz CT molecular complexity index is 650. The number of hydrogen-bond acceptors (Lipinski definition) is 2. The van der Waals surface area contributed by atoms with Crippen LogP contribution in [-0.2, 0) is 11.8 Å². The Kier molecular flexibility index (Phi) is 3.94. The molecule has 0 aliphatic heterocycles. The van der Waals surface area contributed by atoms with E-state index < -0.39 is 0 Å². The summed E-state index contributed by atoms with van der Waals surface area (Å²) in [6, 6.07) is 15.0. The monoisotopic (exact) mass is 295 g/mol. The Morgan fingerprint density at radius 3 is 2.64 bits per heavy atom. The highest BCUT2D eigenvalue weighted by atomic mass is 16.5. The molecule has 1 aromatic heterocycles. The van der Waals surface area contributed by atoms with Gasteiger partial charge in [-0.1, -0.05) is 37.3 Å². The smallest absolute Gasteiger partial charge is 0.123 e. The van der Waals surface area contributed by atoms with Gasteiger partial charge in [0, 0.05) is 23.5 Å². The molecule has 3 rings (SSSR count). The van der Waals surface area contributed by atoms with Crippen molar-refractivity contribution in [3.05, 3.63) is 59.4 Å². The Labute approximate surface area is 133 Å². The standard InChI is InChI=1S/C20H25NO/c1-14(2)22-19-10-15(3)21-18(12-19)11-17-13-20(17,4)16-8-6-5-7-9-16/h5-10,12,14,17H,11,13H2,1-4H3/t17-,20+/m1/s1.